The number of rotatable bonds is 1. The number of nitrogens with one attached hydrogen (secondary N) is 8. The van der Waals surface area contributed by atoms with Crippen molar-refractivity contribution in [2.75, 3.05) is 0 Å². The summed E-state index contributed by atoms with van der Waals surface area (Å²) in [5.41, 5.74) is 0. The van der Waals surface area contributed by atoms with Crippen LogP contribution in [0.1, 0.15) is 96.3 Å². The van der Waals surface area contributed by atoms with E-state index in [0.717, 1.165) is 19.3 Å². The Hall–Kier alpha value is 0.309. The molecule has 9 fully saturated rings. The average molecular weight is 672 g/mol. The molecule has 5 aliphatic heterocycles. The molecule has 4 saturated carbocycles. The molecular formula is C32H55FeN8O2S-. The summed E-state index contributed by atoms with van der Waals surface area (Å²) in [5.74, 6) is 4.20. The molecule has 0 aromatic rings. The Morgan fingerprint density at radius 1 is 0.386 bits per heavy atom. The summed E-state index contributed by atoms with van der Waals surface area (Å²) >= 11 is -2.06. The molecule has 9 aliphatic rings. The normalized spacial score (nSPS) is 55.6. The molecule has 0 aromatic carbocycles. The van der Waals surface area contributed by atoms with Crippen molar-refractivity contribution in [1.29, 1.82) is 0 Å². The van der Waals surface area contributed by atoms with Gasteiger partial charge in [-0.25, -0.2) is 0 Å². The van der Waals surface area contributed by atoms with Crippen molar-refractivity contribution < 1.29 is 25.8 Å². The van der Waals surface area contributed by atoms with Crippen molar-refractivity contribution in [1.82, 2.24) is 42.5 Å². The molecule has 5 heterocycles. The molecule has 5 saturated heterocycles. The molecule has 44 heavy (non-hydrogen) atoms. The molecule has 8 bridgehead atoms. The van der Waals surface area contributed by atoms with E-state index in [1.54, 1.807) is 0 Å². The van der Waals surface area contributed by atoms with Crippen molar-refractivity contribution in [2.45, 2.75) is 151 Å². The summed E-state index contributed by atoms with van der Waals surface area (Å²) in [6.45, 7) is 0. The molecule has 0 spiro atoms. The van der Waals surface area contributed by atoms with Gasteiger partial charge in [0.2, 0.25) is 0 Å². The van der Waals surface area contributed by atoms with Crippen LogP contribution in [0.4, 0.5) is 0 Å². The van der Waals surface area contributed by atoms with Gasteiger partial charge in [-0.05, 0) is 92.8 Å². The van der Waals surface area contributed by atoms with Crippen LogP contribution in [-0.4, -0.2) is 63.3 Å². The van der Waals surface area contributed by atoms with Gasteiger partial charge in [0.05, 0.1) is 49.3 Å². The van der Waals surface area contributed by atoms with Crippen LogP contribution in [0.5, 0.6) is 0 Å². The Balaban J connectivity index is 0.00000289. The minimum Gasteiger partial charge on any atom is -0.772 e. The zero-order valence-electron chi connectivity index (χ0n) is 26.0. The fourth-order valence-corrected chi connectivity index (χ4v) is 13.2. The van der Waals surface area contributed by atoms with Crippen LogP contribution in [0.3, 0.4) is 0 Å². The smallest absolute Gasteiger partial charge is 0.0639 e. The molecule has 0 aromatic heterocycles. The third kappa shape index (κ3) is 5.43. The zero-order chi connectivity index (χ0) is 28.7. The van der Waals surface area contributed by atoms with Gasteiger partial charge in [-0.2, -0.15) is 0 Å². The van der Waals surface area contributed by atoms with Gasteiger partial charge in [0.25, 0.3) is 0 Å². The molecule has 10 nitrogen and oxygen atoms in total. The molecule has 250 valence electrons. The maximum atomic E-state index is 12.6. The molecule has 8 N–H and O–H groups in total. The van der Waals surface area contributed by atoms with Gasteiger partial charge >= 0.3 is 0 Å². The first kappa shape index (κ1) is 31.6. The number of hydrogen-bond acceptors (Lipinski definition) is 10. The van der Waals surface area contributed by atoms with E-state index in [-0.39, 0.29) is 59.1 Å². The molecule has 9 rings (SSSR count). The van der Waals surface area contributed by atoms with E-state index < -0.39 is 11.1 Å². The van der Waals surface area contributed by atoms with E-state index >= 15 is 0 Å². The Morgan fingerprint density at radius 3 is 0.977 bits per heavy atom. The minimum atomic E-state index is -2.06. The van der Waals surface area contributed by atoms with Crippen LogP contribution < -0.4 is 42.5 Å². The molecule has 12 heteroatoms. The summed E-state index contributed by atoms with van der Waals surface area (Å²) in [4.78, 5) is 0. The molecule has 0 radical (unpaired) electrons. The SMILES string of the molecule is O=S([O-])C1CCCC2C3NC4NC(NC5NC(NC6NC(NC(N3)C21)C1CCCCC61)C1CCCCC51)C1CCCCC41.[Fe]. The first-order valence-corrected chi connectivity index (χ1v) is 19.4. The van der Waals surface area contributed by atoms with Crippen LogP contribution in [0.15, 0.2) is 0 Å². The fourth-order valence-electron chi connectivity index (χ4n) is 12.2. The van der Waals surface area contributed by atoms with Crippen LogP contribution >= 0.6 is 0 Å². The van der Waals surface area contributed by atoms with Crippen LogP contribution in [0.2, 0.25) is 0 Å². The van der Waals surface area contributed by atoms with Gasteiger partial charge in [-0.15, -0.1) is 0 Å². The zero-order valence-corrected chi connectivity index (χ0v) is 27.9. The third-order valence-corrected chi connectivity index (χ3v) is 15.1. The first-order chi connectivity index (χ1) is 21.1. The van der Waals surface area contributed by atoms with Crippen molar-refractivity contribution in [3.8, 4) is 0 Å². The largest absolute Gasteiger partial charge is 0.772 e. The maximum Gasteiger partial charge on any atom is 0.0639 e. The Labute approximate surface area is 276 Å². The van der Waals surface area contributed by atoms with Gasteiger partial charge in [0.1, 0.15) is 0 Å². The van der Waals surface area contributed by atoms with Crippen molar-refractivity contribution >= 4 is 11.1 Å². The van der Waals surface area contributed by atoms with E-state index in [1.807, 2.05) is 0 Å². The van der Waals surface area contributed by atoms with E-state index in [4.69, 9.17) is 0 Å². The van der Waals surface area contributed by atoms with Gasteiger partial charge < -0.3 is 4.55 Å². The minimum absolute atomic E-state index is 0. The number of fused-ring (bicyclic) bond motifs is 20. The summed E-state index contributed by atoms with van der Waals surface area (Å²) < 4.78 is 25.3. The van der Waals surface area contributed by atoms with Crippen molar-refractivity contribution in [3.05, 3.63) is 0 Å². The summed E-state index contributed by atoms with van der Waals surface area (Å²) in [7, 11) is 0. The molecule has 0 amide bonds. The third-order valence-electron chi connectivity index (χ3n) is 14.1. The van der Waals surface area contributed by atoms with Crippen LogP contribution in [0, 0.1) is 47.3 Å². The van der Waals surface area contributed by atoms with Crippen LogP contribution in [-0.2, 0) is 28.1 Å². The monoisotopic (exact) mass is 671 g/mol. The Kier molecular flexibility index (Phi) is 9.31. The van der Waals surface area contributed by atoms with E-state index in [9.17, 15) is 8.76 Å². The maximum absolute atomic E-state index is 12.6. The summed E-state index contributed by atoms with van der Waals surface area (Å²) in [6.07, 6.45) is 20.4. The predicted octanol–water partition coefficient (Wildman–Crippen LogP) is 1.46. The van der Waals surface area contributed by atoms with Gasteiger partial charge in [0, 0.05) is 28.2 Å². The Morgan fingerprint density at radius 2 is 0.659 bits per heavy atom. The van der Waals surface area contributed by atoms with E-state index in [0.29, 0.717) is 59.9 Å². The van der Waals surface area contributed by atoms with Crippen LogP contribution in [0.25, 0.3) is 0 Å². The average Bonchev–Trinajstić information content (AvgIpc) is 3.76. The van der Waals surface area contributed by atoms with Crippen molar-refractivity contribution in [3.63, 3.8) is 0 Å². The predicted molar refractivity (Wildman–Crippen MR) is 165 cm³/mol. The van der Waals surface area contributed by atoms with Crippen molar-refractivity contribution in [2.24, 2.45) is 47.3 Å². The molecule has 4 aliphatic carbocycles. The van der Waals surface area contributed by atoms with Gasteiger partial charge in [0.15, 0.2) is 0 Å². The second-order valence-electron chi connectivity index (χ2n) is 16.0. The fraction of sp³-hybridized carbons (Fsp3) is 1.00. The summed E-state index contributed by atoms with van der Waals surface area (Å²) in [5, 5.41) is 32.6. The van der Waals surface area contributed by atoms with E-state index in [2.05, 4.69) is 42.5 Å². The summed E-state index contributed by atoms with van der Waals surface area (Å²) in [6, 6.07) is 0. The van der Waals surface area contributed by atoms with Gasteiger partial charge in [-0.3, -0.25) is 46.7 Å². The quantitative estimate of drug-likeness (QED) is 0.153. The van der Waals surface area contributed by atoms with Gasteiger partial charge in [-0.1, -0.05) is 56.0 Å². The number of hydrogen-bond donors (Lipinski definition) is 8. The van der Waals surface area contributed by atoms with E-state index in [1.165, 1.54) is 77.0 Å². The molecule has 18 atom stereocenters. The Bertz CT molecular complexity index is 1060. The topological polar surface area (TPSA) is 136 Å². The first-order valence-electron chi connectivity index (χ1n) is 18.3. The standard InChI is InChI=1S/C32H56N8O2S.Fe/c41-43(42)23-15-7-14-22-24(23)32-39-30-21-13-6-5-12-20(21)28(37-30)35-26-17-9-2-1-8-16(17)25(33-26)34-27-18-10-3-4-11-19(18)29(36-27)38-31(22)40-32;/h16-40H,1-15H2,(H,41,42);/p-1. The molecular weight excluding hydrogens is 616 g/mol. The second-order valence-corrected chi connectivity index (χ2v) is 17.1. The second kappa shape index (κ2) is 13.0. The molecule has 18 unspecified atom stereocenters.